The van der Waals surface area contributed by atoms with Gasteiger partial charge >= 0.3 is 0 Å². The Labute approximate surface area is 194 Å². The molecule has 1 saturated heterocycles. The van der Waals surface area contributed by atoms with E-state index in [1.807, 2.05) is 38.1 Å². The number of piperazine rings is 1. The van der Waals surface area contributed by atoms with Gasteiger partial charge in [-0.1, -0.05) is 23.8 Å². The summed E-state index contributed by atoms with van der Waals surface area (Å²) in [6.45, 7) is 7.17. The Morgan fingerprint density at radius 3 is 2.27 bits per heavy atom. The van der Waals surface area contributed by atoms with Gasteiger partial charge in [0.05, 0.1) is 4.90 Å². The van der Waals surface area contributed by atoms with Crippen molar-refractivity contribution < 1.29 is 13.2 Å². The Kier molecular flexibility index (Phi) is 6.44. The van der Waals surface area contributed by atoms with Crippen LogP contribution >= 0.6 is 0 Å². The van der Waals surface area contributed by atoms with E-state index in [0.717, 1.165) is 22.6 Å². The number of amides is 1. The highest BCUT2D eigenvalue weighted by Gasteiger charge is 2.29. The van der Waals surface area contributed by atoms with E-state index in [-0.39, 0.29) is 10.8 Å². The molecule has 0 spiro atoms. The summed E-state index contributed by atoms with van der Waals surface area (Å²) in [4.78, 5) is 22.8. The standard InChI is InChI=1S/C24H27N5O3S/c1-17-5-4-6-20(15-17)24-25-18(2)16-23(27-24)28-11-13-29(14-12-28)33(31,32)22-9-7-21(8-10-22)26-19(3)30/h4-10,15-16H,11-14H2,1-3H3,(H,26,30). The SMILES string of the molecule is CC(=O)Nc1ccc(S(=O)(=O)N2CCN(c3cc(C)nc(-c4cccc(C)c4)n3)CC2)cc1. The van der Waals surface area contributed by atoms with Gasteiger partial charge in [0.25, 0.3) is 0 Å². The number of anilines is 2. The lowest BCUT2D eigenvalue weighted by molar-refractivity contribution is -0.114. The van der Waals surface area contributed by atoms with Crippen molar-refractivity contribution >= 4 is 27.4 Å². The van der Waals surface area contributed by atoms with Crippen LogP contribution in [0.25, 0.3) is 11.4 Å². The summed E-state index contributed by atoms with van der Waals surface area (Å²) in [5, 5.41) is 2.64. The Morgan fingerprint density at radius 1 is 0.939 bits per heavy atom. The molecule has 0 bridgehead atoms. The molecule has 1 aliphatic heterocycles. The molecule has 2 aromatic carbocycles. The number of benzene rings is 2. The number of nitrogens with zero attached hydrogens (tertiary/aromatic N) is 4. The summed E-state index contributed by atoms with van der Waals surface area (Å²) in [6, 6.07) is 16.2. The second kappa shape index (κ2) is 9.29. The fourth-order valence-corrected chi connectivity index (χ4v) is 5.27. The van der Waals surface area contributed by atoms with E-state index in [1.165, 1.54) is 23.4 Å². The third-order valence-corrected chi connectivity index (χ3v) is 7.40. The minimum Gasteiger partial charge on any atom is -0.354 e. The predicted molar refractivity (Wildman–Crippen MR) is 129 cm³/mol. The normalized spacial score (nSPS) is 14.8. The molecule has 1 fully saturated rings. The minimum atomic E-state index is -3.62. The molecule has 3 aromatic rings. The zero-order chi connectivity index (χ0) is 23.6. The third kappa shape index (κ3) is 5.20. The number of hydrogen-bond donors (Lipinski definition) is 1. The fraction of sp³-hybridized carbons (Fsp3) is 0.292. The largest absolute Gasteiger partial charge is 0.354 e. The van der Waals surface area contributed by atoms with Gasteiger partial charge in [0.2, 0.25) is 15.9 Å². The van der Waals surface area contributed by atoms with Gasteiger partial charge in [0, 0.05) is 56.1 Å². The summed E-state index contributed by atoms with van der Waals surface area (Å²) in [7, 11) is -3.62. The number of rotatable bonds is 5. The molecule has 9 heteroatoms. The number of sulfonamides is 1. The van der Waals surface area contributed by atoms with E-state index in [2.05, 4.69) is 21.3 Å². The lowest BCUT2D eigenvalue weighted by atomic mass is 10.1. The van der Waals surface area contributed by atoms with Gasteiger partial charge in [-0.3, -0.25) is 4.79 Å². The first-order chi connectivity index (χ1) is 15.7. The Morgan fingerprint density at radius 2 is 1.64 bits per heavy atom. The molecule has 0 radical (unpaired) electrons. The van der Waals surface area contributed by atoms with Gasteiger partial charge in [0.15, 0.2) is 5.82 Å². The zero-order valence-corrected chi connectivity index (χ0v) is 19.8. The summed E-state index contributed by atoms with van der Waals surface area (Å²) >= 11 is 0. The van der Waals surface area contributed by atoms with Crippen LogP contribution in [0.2, 0.25) is 0 Å². The van der Waals surface area contributed by atoms with Crippen molar-refractivity contribution in [1.29, 1.82) is 0 Å². The van der Waals surface area contributed by atoms with Crippen LogP contribution < -0.4 is 10.2 Å². The van der Waals surface area contributed by atoms with Crippen LogP contribution in [0.15, 0.2) is 59.5 Å². The second-order valence-corrected chi connectivity index (χ2v) is 10.1. The number of aromatic nitrogens is 2. The van der Waals surface area contributed by atoms with Gasteiger partial charge < -0.3 is 10.2 Å². The van der Waals surface area contributed by atoms with Gasteiger partial charge in [-0.25, -0.2) is 18.4 Å². The minimum absolute atomic E-state index is 0.202. The van der Waals surface area contributed by atoms with Crippen molar-refractivity contribution in [2.45, 2.75) is 25.7 Å². The van der Waals surface area contributed by atoms with E-state index in [4.69, 9.17) is 4.98 Å². The zero-order valence-electron chi connectivity index (χ0n) is 18.9. The van der Waals surface area contributed by atoms with E-state index < -0.39 is 10.0 Å². The molecule has 1 aliphatic rings. The highest BCUT2D eigenvalue weighted by molar-refractivity contribution is 7.89. The van der Waals surface area contributed by atoms with E-state index in [1.54, 1.807) is 12.1 Å². The Balaban J connectivity index is 1.48. The molecule has 0 aliphatic carbocycles. The molecular weight excluding hydrogens is 438 g/mol. The molecular formula is C24H27N5O3S. The van der Waals surface area contributed by atoms with Crippen LogP contribution in [-0.2, 0) is 14.8 Å². The predicted octanol–water partition coefficient (Wildman–Crippen LogP) is 3.23. The lowest BCUT2D eigenvalue weighted by Crippen LogP contribution is -2.49. The first-order valence-corrected chi connectivity index (χ1v) is 12.2. The molecule has 1 N–H and O–H groups in total. The quantitative estimate of drug-likeness (QED) is 0.622. The van der Waals surface area contributed by atoms with E-state index in [9.17, 15) is 13.2 Å². The van der Waals surface area contributed by atoms with Gasteiger partial charge in [-0.15, -0.1) is 0 Å². The van der Waals surface area contributed by atoms with Crippen LogP contribution in [0.1, 0.15) is 18.2 Å². The van der Waals surface area contributed by atoms with Gasteiger partial charge in [-0.05, 0) is 44.2 Å². The maximum Gasteiger partial charge on any atom is 0.243 e. The molecule has 33 heavy (non-hydrogen) atoms. The lowest BCUT2D eigenvalue weighted by Gasteiger charge is -2.34. The van der Waals surface area contributed by atoms with Crippen molar-refractivity contribution in [2.24, 2.45) is 0 Å². The molecule has 0 atom stereocenters. The van der Waals surface area contributed by atoms with Crippen LogP contribution in [0.5, 0.6) is 0 Å². The molecule has 4 rings (SSSR count). The van der Waals surface area contributed by atoms with E-state index >= 15 is 0 Å². The average Bonchev–Trinajstić information content (AvgIpc) is 2.79. The highest BCUT2D eigenvalue weighted by Crippen LogP contribution is 2.24. The first kappa shape index (κ1) is 22.9. The van der Waals surface area contributed by atoms with Crippen LogP contribution in [0.4, 0.5) is 11.5 Å². The number of carbonyl (C=O) groups excluding carboxylic acids is 1. The van der Waals surface area contributed by atoms with Crippen LogP contribution in [0.3, 0.4) is 0 Å². The van der Waals surface area contributed by atoms with Crippen molar-refractivity contribution in [1.82, 2.24) is 14.3 Å². The van der Waals surface area contributed by atoms with E-state index in [0.29, 0.717) is 37.7 Å². The highest BCUT2D eigenvalue weighted by atomic mass is 32.2. The fourth-order valence-electron chi connectivity index (χ4n) is 3.85. The van der Waals surface area contributed by atoms with Crippen molar-refractivity contribution in [3.63, 3.8) is 0 Å². The Hall–Kier alpha value is -3.30. The van der Waals surface area contributed by atoms with Crippen molar-refractivity contribution in [3.05, 3.63) is 65.9 Å². The summed E-state index contributed by atoms with van der Waals surface area (Å²) in [5.74, 6) is 1.27. The molecule has 1 amide bonds. The molecule has 1 aromatic heterocycles. The number of hydrogen-bond acceptors (Lipinski definition) is 6. The number of carbonyl (C=O) groups is 1. The molecule has 2 heterocycles. The summed E-state index contributed by atoms with van der Waals surface area (Å²) in [5.41, 5.74) is 3.53. The molecule has 0 unspecified atom stereocenters. The van der Waals surface area contributed by atoms with Crippen LogP contribution in [-0.4, -0.2) is 54.8 Å². The van der Waals surface area contributed by atoms with Crippen molar-refractivity contribution in [2.75, 3.05) is 36.4 Å². The Bertz CT molecular complexity index is 1270. The van der Waals surface area contributed by atoms with Gasteiger partial charge in [-0.2, -0.15) is 4.31 Å². The summed E-state index contributed by atoms with van der Waals surface area (Å²) in [6.07, 6.45) is 0. The monoisotopic (exact) mass is 465 g/mol. The first-order valence-electron chi connectivity index (χ1n) is 10.8. The summed E-state index contributed by atoms with van der Waals surface area (Å²) < 4.78 is 27.7. The second-order valence-electron chi connectivity index (χ2n) is 8.16. The molecule has 8 nitrogen and oxygen atoms in total. The van der Waals surface area contributed by atoms with Crippen LogP contribution in [0, 0.1) is 13.8 Å². The molecule has 172 valence electrons. The topological polar surface area (TPSA) is 95.5 Å². The number of aryl methyl sites for hydroxylation is 2. The third-order valence-electron chi connectivity index (χ3n) is 5.49. The van der Waals surface area contributed by atoms with Gasteiger partial charge in [0.1, 0.15) is 5.82 Å². The molecule has 0 saturated carbocycles. The van der Waals surface area contributed by atoms with Crippen molar-refractivity contribution in [3.8, 4) is 11.4 Å². The average molecular weight is 466 g/mol. The maximum atomic E-state index is 13.1. The number of nitrogens with one attached hydrogen (secondary N) is 1. The maximum absolute atomic E-state index is 13.1. The smallest absolute Gasteiger partial charge is 0.243 e.